The number of allylic oxidation sites excluding steroid dienone is 5. The molecule has 224 valence electrons. The van der Waals surface area contributed by atoms with E-state index in [0.29, 0.717) is 5.92 Å². The summed E-state index contributed by atoms with van der Waals surface area (Å²) in [5.41, 5.74) is 7.05. The molecule has 1 aliphatic carbocycles. The number of rotatable bonds is 15. The Labute approximate surface area is 259 Å². The third kappa shape index (κ3) is 17.2. The van der Waals surface area contributed by atoms with Crippen molar-refractivity contribution in [2.75, 3.05) is 6.26 Å². The summed E-state index contributed by atoms with van der Waals surface area (Å²) >= 11 is 9.86. The molecule has 2 aromatic carbocycles. The molecule has 0 heterocycles. The molecule has 0 saturated heterocycles. The van der Waals surface area contributed by atoms with Crippen molar-refractivity contribution in [3.63, 3.8) is 0 Å². The number of unbranched alkanes of at least 4 members (excludes halogenated alkanes) is 5. The second-order valence-corrected chi connectivity index (χ2v) is 10.5. The molecule has 0 bridgehead atoms. The first kappa shape index (κ1) is 38.3. The average Bonchev–Trinajstić information content (AvgIpc) is 3.02. The third-order valence-corrected chi connectivity index (χ3v) is 7.59. The van der Waals surface area contributed by atoms with Gasteiger partial charge in [0, 0.05) is 5.03 Å². The fourth-order valence-corrected chi connectivity index (χ4v) is 5.10. The van der Waals surface area contributed by atoms with Gasteiger partial charge in [-0.2, -0.15) is 12.6 Å². The highest BCUT2D eigenvalue weighted by Crippen LogP contribution is 2.26. The molecule has 2 heteroatoms. The van der Waals surface area contributed by atoms with Crippen LogP contribution in [0.15, 0.2) is 89.5 Å². The van der Waals surface area contributed by atoms with E-state index in [4.69, 9.17) is 11.6 Å². The molecule has 1 aliphatic rings. The summed E-state index contributed by atoms with van der Waals surface area (Å²) in [6, 6.07) is 20.1. The van der Waals surface area contributed by atoms with E-state index in [-0.39, 0.29) is 0 Å². The largest absolute Gasteiger partial charge is 0.183 e. The summed E-state index contributed by atoms with van der Waals surface area (Å²) in [4.78, 5) is 0. The van der Waals surface area contributed by atoms with Gasteiger partial charge in [-0.05, 0) is 92.2 Å². The zero-order valence-electron chi connectivity index (χ0n) is 26.7. The Balaban J connectivity index is 0.00000237. The van der Waals surface area contributed by atoms with Crippen molar-refractivity contribution >= 4 is 24.2 Å². The second-order valence-electron chi connectivity index (χ2n) is 10.0. The molecule has 0 spiro atoms. The first-order valence-corrected chi connectivity index (χ1v) is 17.2. The van der Waals surface area contributed by atoms with E-state index < -0.39 is 0 Å². The predicted molar refractivity (Wildman–Crippen MR) is 188 cm³/mol. The van der Waals surface area contributed by atoms with Crippen molar-refractivity contribution in [3.05, 3.63) is 106 Å². The quantitative estimate of drug-likeness (QED) is 0.120. The van der Waals surface area contributed by atoms with Crippen molar-refractivity contribution in [1.29, 1.82) is 0 Å². The van der Waals surface area contributed by atoms with Gasteiger partial charge < -0.3 is 0 Å². The van der Waals surface area contributed by atoms with Crippen LogP contribution in [-0.2, 0) is 19.3 Å². The van der Waals surface area contributed by atoms with Gasteiger partial charge in [0.2, 0.25) is 0 Å². The van der Waals surface area contributed by atoms with Crippen molar-refractivity contribution in [3.8, 4) is 0 Å². The van der Waals surface area contributed by atoms with E-state index in [1.54, 1.807) is 6.26 Å². The number of aryl methyl sites for hydroxylation is 2. The van der Waals surface area contributed by atoms with Crippen LogP contribution < -0.4 is 0 Å². The Morgan fingerprint density at radius 2 is 1.23 bits per heavy atom. The Morgan fingerprint density at radius 1 is 0.700 bits per heavy atom. The number of hydrogen-bond donors (Lipinski definition) is 1. The van der Waals surface area contributed by atoms with Crippen molar-refractivity contribution < 1.29 is 0 Å². The summed E-state index contributed by atoms with van der Waals surface area (Å²) in [5.74, 6) is 0.577. The molecule has 0 aliphatic heterocycles. The molecule has 0 nitrogen and oxygen atoms in total. The maximum Gasteiger partial charge on any atom is 0.0395 e. The summed E-state index contributed by atoms with van der Waals surface area (Å²) in [6.07, 6.45) is 22.0. The Hall–Kier alpha value is -1.70. The Kier molecular flexibility index (Phi) is 25.1. The first-order chi connectivity index (χ1) is 19.6. The molecule has 0 N–H and O–H groups in total. The minimum Gasteiger partial charge on any atom is -0.183 e. The van der Waals surface area contributed by atoms with Crippen LogP contribution in [-0.4, -0.2) is 6.26 Å². The van der Waals surface area contributed by atoms with E-state index in [2.05, 4.69) is 92.9 Å². The van der Waals surface area contributed by atoms with Gasteiger partial charge in [0.15, 0.2) is 0 Å². The van der Waals surface area contributed by atoms with Crippen LogP contribution in [0.3, 0.4) is 0 Å². The van der Waals surface area contributed by atoms with Gasteiger partial charge >= 0.3 is 0 Å². The van der Waals surface area contributed by atoms with E-state index >= 15 is 0 Å². The molecule has 1 unspecified atom stereocenters. The molecule has 0 saturated carbocycles. The maximum absolute atomic E-state index is 6.33. The van der Waals surface area contributed by atoms with E-state index in [1.165, 1.54) is 79.2 Å². The van der Waals surface area contributed by atoms with Crippen LogP contribution >= 0.6 is 24.2 Å². The predicted octanol–water partition coefficient (Wildman–Crippen LogP) is 12.8. The lowest BCUT2D eigenvalue weighted by atomic mass is 9.91. The van der Waals surface area contributed by atoms with Gasteiger partial charge in [-0.15, -0.1) is 0 Å². The minimum atomic E-state index is 0.577. The molecular formula is C38H59ClS. The lowest BCUT2D eigenvalue weighted by molar-refractivity contribution is 0.570. The zero-order chi connectivity index (χ0) is 30.0. The summed E-state index contributed by atoms with van der Waals surface area (Å²) in [5, 5.41) is 0.963. The van der Waals surface area contributed by atoms with Gasteiger partial charge in [0.05, 0.1) is 0 Å². The summed E-state index contributed by atoms with van der Waals surface area (Å²) in [7, 11) is 0. The van der Waals surface area contributed by atoms with E-state index in [1.807, 2.05) is 27.7 Å². The molecule has 0 aromatic heterocycles. The molecular weight excluding hydrogens is 524 g/mol. The fourth-order valence-electron chi connectivity index (χ4n) is 4.82. The van der Waals surface area contributed by atoms with Crippen molar-refractivity contribution in [2.24, 2.45) is 5.92 Å². The van der Waals surface area contributed by atoms with Crippen LogP contribution in [0.5, 0.6) is 0 Å². The maximum atomic E-state index is 6.33. The van der Waals surface area contributed by atoms with Gasteiger partial charge in [-0.1, -0.05) is 151 Å². The highest BCUT2D eigenvalue weighted by Gasteiger charge is 2.08. The highest BCUT2D eigenvalue weighted by molar-refractivity contribution is 7.79. The molecule has 0 amide bonds. The van der Waals surface area contributed by atoms with Crippen LogP contribution in [0.1, 0.15) is 116 Å². The number of halogens is 1. The smallest absolute Gasteiger partial charge is 0.0395 e. The van der Waals surface area contributed by atoms with Crippen LogP contribution in [0.25, 0.3) is 0 Å². The average molecular weight is 583 g/mol. The van der Waals surface area contributed by atoms with E-state index in [0.717, 1.165) is 37.1 Å². The number of thiol groups is 1. The lowest BCUT2D eigenvalue weighted by Gasteiger charge is -2.15. The normalized spacial score (nSPS) is 12.7. The molecule has 3 rings (SSSR count). The molecule has 0 radical (unpaired) electrons. The third-order valence-electron chi connectivity index (χ3n) is 7.19. The zero-order valence-corrected chi connectivity index (χ0v) is 28.3. The topological polar surface area (TPSA) is 0 Å². The van der Waals surface area contributed by atoms with Crippen LogP contribution in [0.2, 0.25) is 0 Å². The summed E-state index contributed by atoms with van der Waals surface area (Å²) < 4.78 is 0. The standard InChI is InChI=1S/C33H43Cl.2C2H6.CH4S/c1-27(28(2)26-31-16-10-7-11-17-31)14-8-5-3-4-6-9-15-29-20-22-30(23-21-29)24-25-32-18-12-13-19-33(32)34;3*1-2/h7,10-11,16-23,28H,1,3-6,8-9,12-15,24-26H2,2H3;2*1-2H3;2H,1H3. The minimum absolute atomic E-state index is 0.577. The highest BCUT2D eigenvalue weighted by atomic mass is 35.5. The van der Waals surface area contributed by atoms with Crippen molar-refractivity contribution in [1.82, 2.24) is 0 Å². The van der Waals surface area contributed by atoms with Gasteiger partial charge in [0.1, 0.15) is 0 Å². The van der Waals surface area contributed by atoms with Crippen LogP contribution in [0, 0.1) is 5.92 Å². The molecule has 40 heavy (non-hydrogen) atoms. The molecule has 1 atom stereocenters. The fraction of sp³-hybridized carbons (Fsp3) is 0.526. The second kappa shape index (κ2) is 26.2. The van der Waals surface area contributed by atoms with E-state index in [9.17, 15) is 0 Å². The first-order valence-electron chi connectivity index (χ1n) is 15.9. The van der Waals surface area contributed by atoms with Gasteiger partial charge in [-0.25, -0.2) is 0 Å². The van der Waals surface area contributed by atoms with Gasteiger partial charge in [-0.3, -0.25) is 0 Å². The molecule has 0 fully saturated rings. The monoisotopic (exact) mass is 582 g/mol. The Morgan fingerprint density at radius 3 is 1.82 bits per heavy atom. The number of hydrogen-bond acceptors (Lipinski definition) is 1. The SMILES string of the molecule is C=C(CCCCCCCCc1ccc(CCC2=CCCC=C2Cl)cc1)C(C)Cc1ccccc1.CC.CC.CS. The Bertz CT molecular complexity index is 924. The molecule has 2 aromatic rings. The lowest BCUT2D eigenvalue weighted by Crippen LogP contribution is -2.03. The summed E-state index contributed by atoms with van der Waals surface area (Å²) in [6.45, 7) is 14.7. The van der Waals surface area contributed by atoms with Crippen LogP contribution in [0.4, 0.5) is 0 Å². The van der Waals surface area contributed by atoms with Crippen molar-refractivity contribution in [2.45, 2.75) is 118 Å². The number of benzene rings is 2. The van der Waals surface area contributed by atoms with Gasteiger partial charge in [0.25, 0.3) is 0 Å².